The Kier molecular flexibility index (Phi) is 12.3. The molecule has 84 heavy (non-hydrogen) atoms. The molecule has 2 nitrogen and oxygen atoms in total. The van der Waals surface area contributed by atoms with Gasteiger partial charge in [0.1, 0.15) is 0 Å². The van der Waals surface area contributed by atoms with Gasteiger partial charge in [0.25, 0.3) is 0 Å². The van der Waals surface area contributed by atoms with Crippen LogP contribution in [0.1, 0.15) is 47.9 Å². The average molecular weight is 1070 g/mol. The van der Waals surface area contributed by atoms with Crippen LogP contribution in [0.4, 0.5) is 28.4 Å². The van der Waals surface area contributed by atoms with E-state index in [-0.39, 0.29) is 0 Å². The maximum Gasteiger partial charge on any atom is 0.0468 e. The summed E-state index contributed by atoms with van der Waals surface area (Å²) in [4.78, 5) is 4.98. The fraction of sp³-hybridized carbons (Fsp3) is 0.0732. The quantitative estimate of drug-likeness (QED) is 0.126. The third-order valence-corrected chi connectivity index (χ3v) is 18.0. The van der Waals surface area contributed by atoms with Crippen LogP contribution in [0, 0.1) is 5.92 Å². The molecule has 1 atom stereocenters. The highest BCUT2D eigenvalue weighted by molar-refractivity contribution is 6.24. The molecule has 0 amide bonds. The largest absolute Gasteiger partial charge is 0.314 e. The second-order valence-electron chi connectivity index (χ2n) is 23.0. The third kappa shape index (κ3) is 8.82. The average Bonchev–Trinajstić information content (AvgIpc) is 0.929. The first-order valence-electron chi connectivity index (χ1n) is 29.8. The summed E-state index contributed by atoms with van der Waals surface area (Å²) in [5.41, 5.74) is 21.0. The van der Waals surface area contributed by atoms with Gasteiger partial charge in [-0.15, -0.1) is 0 Å². The van der Waals surface area contributed by atoms with E-state index in [9.17, 15) is 0 Å². The molecule has 0 bridgehead atoms. The smallest absolute Gasteiger partial charge is 0.0468 e. The van der Waals surface area contributed by atoms with Gasteiger partial charge < -0.3 is 9.80 Å². The summed E-state index contributed by atoms with van der Waals surface area (Å²) >= 11 is 0. The number of para-hydroxylation sites is 2. The van der Waals surface area contributed by atoms with Crippen LogP contribution in [0.25, 0.3) is 93.3 Å². The number of allylic oxidation sites excluding steroid dienone is 13. The van der Waals surface area contributed by atoms with Gasteiger partial charge in [-0.2, -0.15) is 0 Å². The van der Waals surface area contributed by atoms with Crippen LogP contribution >= 0.6 is 0 Å². The van der Waals surface area contributed by atoms with E-state index < -0.39 is 0 Å². The fourth-order valence-electron chi connectivity index (χ4n) is 14.0. The minimum absolute atomic E-state index is 0.305. The first-order valence-corrected chi connectivity index (χ1v) is 29.8. The Morgan fingerprint density at radius 1 is 0.357 bits per heavy atom. The predicted octanol–water partition coefficient (Wildman–Crippen LogP) is 22.6. The Morgan fingerprint density at radius 2 is 0.929 bits per heavy atom. The van der Waals surface area contributed by atoms with Crippen molar-refractivity contribution < 1.29 is 0 Å². The molecular formula is C82H60N2. The van der Waals surface area contributed by atoms with E-state index in [0.29, 0.717) is 5.92 Å². The number of nitrogens with zero attached hydrogens (tertiary/aromatic N) is 2. The molecule has 0 unspecified atom stereocenters. The van der Waals surface area contributed by atoms with E-state index in [1.807, 2.05) is 0 Å². The molecule has 0 aromatic heterocycles. The van der Waals surface area contributed by atoms with Crippen molar-refractivity contribution >= 4 is 99.5 Å². The highest BCUT2D eigenvalue weighted by Gasteiger charge is 2.28. The van der Waals surface area contributed by atoms with Crippen LogP contribution in [-0.4, -0.2) is 0 Å². The molecule has 0 saturated carbocycles. The molecule has 398 valence electrons. The van der Waals surface area contributed by atoms with Crippen LogP contribution in [-0.2, 0) is 6.42 Å². The maximum atomic E-state index is 2.54. The van der Waals surface area contributed by atoms with Crippen LogP contribution in [0.3, 0.4) is 0 Å². The monoisotopic (exact) mass is 1070 g/mol. The van der Waals surface area contributed by atoms with Gasteiger partial charge in [0.15, 0.2) is 0 Å². The number of fused-ring (bicyclic) bond motifs is 7. The Bertz CT molecular complexity index is 4870. The third-order valence-electron chi connectivity index (χ3n) is 18.0. The zero-order valence-electron chi connectivity index (χ0n) is 46.8. The number of anilines is 5. The number of benzene rings is 12. The topological polar surface area (TPSA) is 6.48 Å². The lowest BCUT2D eigenvalue weighted by Crippen LogP contribution is -2.21. The molecule has 2 heteroatoms. The summed E-state index contributed by atoms with van der Waals surface area (Å²) in [6, 6.07) is 89.3. The molecule has 12 aromatic carbocycles. The number of aryl methyl sites for hydroxylation is 1. The minimum Gasteiger partial charge on any atom is -0.314 e. The minimum atomic E-state index is 0.305. The van der Waals surface area contributed by atoms with Gasteiger partial charge in [0.05, 0.1) is 0 Å². The van der Waals surface area contributed by atoms with Crippen molar-refractivity contribution in [2.75, 3.05) is 9.80 Å². The number of hydrogen-bond donors (Lipinski definition) is 0. The van der Waals surface area contributed by atoms with Gasteiger partial charge in [-0.25, -0.2) is 0 Å². The molecule has 0 heterocycles. The van der Waals surface area contributed by atoms with Crippen molar-refractivity contribution in [3.63, 3.8) is 0 Å². The van der Waals surface area contributed by atoms with Crippen molar-refractivity contribution in [3.05, 3.63) is 325 Å². The van der Waals surface area contributed by atoms with E-state index in [1.54, 1.807) is 0 Å². The summed E-state index contributed by atoms with van der Waals surface area (Å²) in [6.07, 6.45) is 27.9. The lowest BCUT2D eigenvalue weighted by atomic mass is 9.79. The lowest BCUT2D eigenvalue weighted by Gasteiger charge is -2.33. The van der Waals surface area contributed by atoms with Crippen molar-refractivity contribution in [1.29, 1.82) is 0 Å². The van der Waals surface area contributed by atoms with E-state index in [0.717, 1.165) is 60.5 Å². The molecule has 16 rings (SSSR count). The lowest BCUT2D eigenvalue weighted by molar-refractivity contribution is 0.732. The Labute approximate surface area is 491 Å². The molecule has 0 fully saturated rings. The van der Waals surface area contributed by atoms with Crippen LogP contribution < -0.4 is 9.80 Å². The van der Waals surface area contributed by atoms with Gasteiger partial charge >= 0.3 is 0 Å². The van der Waals surface area contributed by atoms with Crippen LogP contribution in [0.15, 0.2) is 303 Å². The van der Waals surface area contributed by atoms with Crippen molar-refractivity contribution in [1.82, 2.24) is 0 Å². The summed E-state index contributed by atoms with van der Waals surface area (Å²) in [7, 11) is 0. The maximum absolute atomic E-state index is 2.54. The Hall–Kier alpha value is -10.3. The predicted molar refractivity (Wildman–Crippen MR) is 360 cm³/mol. The van der Waals surface area contributed by atoms with E-state index >= 15 is 0 Å². The summed E-state index contributed by atoms with van der Waals surface area (Å²) in [5, 5.41) is 12.3. The van der Waals surface area contributed by atoms with Crippen LogP contribution in [0.2, 0.25) is 0 Å². The molecule has 0 N–H and O–H groups in total. The zero-order valence-corrected chi connectivity index (χ0v) is 46.8. The van der Waals surface area contributed by atoms with Crippen LogP contribution in [0.5, 0.6) is 0 Å². The second kappa shape index (κ2) is 20.9. The Morgan fingerprint density at radius 3 is 1.68 bits per heavy atom. The van der Waals surface area contributed by atoms with Crippen molar-refractivity contribution in [2.24, 2.45) is 5.92 Å². The van der Waals surface area contributed by atoms with Gasteiger partial charge in [0.2, 0.25) is 0 Å². The molecule has 0 aliphatic heterocycles. The molecule has 0 spiro atoms. The molecular weight excluding hydrogens is 1010 g/mol. The number of hydrogen-bond acceptors (Lipinski definition) is 2. The highest BCUT2D eigenvalue weighted by Crippen LogP contribution is 2.52. The van der Waals surface area contributed by atoms with Crippen molar-refractivity contribution in [2.45, 2.75) is 32.1 Å². The molecule has 0 saturated heterocycles. The SMILES string of the molecule is C1=CC2=CC=C(N(c3ccccc3)c3ccc4c(C5=C(c6ccc7ccccc7c6)C=CCC5)c5cc(N(c6ccccc6)c6ccc7ccccc7c6)ccc5c(-c5cc6ccccc6cc5-c5ccc6c(c5)CCC=C6)c4c3)C[C@H]2C=C1. The second-order valence-corrected chi connectivity index (χ2v) is 23.0. The standard InChI is InChI=1S/C82H60N2/c1-3-29-67(30-4-1)83(69-41-39-57-21-9-13-25-61(57)49-69)71-44-46-76-79(53-71)81(74-34-18-17-33-73(74)65-37-35-55-19-7-11-23-59(55)47-65)75-45-43-72(84(68-31-5-2-6-32-68)70-42-40-58-22-10-14-26-62(58)50-70)54-80(75)82(76)78-52-64-28-16-15-27-63(64)51-77(78)66-38-36-56-20-8-12-24-60(56)48-66/h1-11,13-17,19-23,25-33,35-49,51-54,62H,12,18,24,34,50H2/t62-/m1/s1. The van der Waals surface area contributed by atoms with Gasteiger partial charge in [-0.3, -0.25) is 0 Å². The first kappa shape index (κ1) is 49.5. The molecule has 4 aliphatic carbocycles. The van der Waals surface area contributed by atoms with E-state index in [2.05, 4.69) is 307 Å². The highest BCUT2D eigenvalue weighted by atomic mass is 15.2. The normalized spacial score (nSPS) is 15.4. The van der Waals surface area contributed by atoms with Gasteiger partial charge in [-0.05, 0) is 232 Å². The summed E-state index contributed by atoms with van der Waals surface area (Å²) < 4.78 is 0. The molecule has 4 aliphatic rings. The van der Waals surface area contributed by atoms with Crippen molar-refractivity contribution in [3.8, 4) is 22.3 Å². The molecule has 0 radical (unpaired) electrons. The Balaban J connectivity index is 1.05. The molecule has 12 aromatic rings. The summed E-state index contributed by atoms with van der Waals surface area (Å²) in [5.74, 6) is 0.305. The van der Waals surface area contributed by atoms with Gasteiger partial charge in [0, 0.05) is 40.1 Å². The van der Waals surface area contributed by atoms with E-state index in [4.69, 9.17) is 0 Å². The van der Waals surface area contributed by atoms with E-state index in [1.165, 1.54) is 121 Å². The van der Waals surface area contributed by atoms with Gasteiger partial charge in [-0.1, -0.05) is 212 Å². The summed E-state index contributed by atoms with van der Waals surface area (Å²) in [6.45, 7) is 0. The fourth-order valence-corrected chi connectivity index (χ4v) is 14.0. The number of rotatable bonds is 10. The first-order chi connectivity index (χ1) is 41.6. The zero-order chi connectivity index (χ0) is 55.5.